The molecule has 1 N–H and O–H groups in total. The summed E-state index contributed by atoms with van der Waals surface area (Å²) in [6.07, 6.45) is 3.44. The lowest BCUT2D eigenvalue weighted by atomic mass is 10.1. The smallest absolute Gasteiger partial charge is 0.166 e. The van der Waals surface area contributed by atoms with E-state index in [9.17, 15) is 0 Å². The first-order chi connectivity index (χ1) is 9.29. The van der Waals surface area contributed by atoms with Gasteiger partial charge in [0.1, 0.15) is 12.4 Å². The summed E-state index contributed by atoms with van der Waals surface area (Å²) in [5.74, 6) is 1.53. The third kappa shape index (κ3) is 4.03. The first-order valence-electron chi connectivity index (χ1n) is 6.51. The summed E-state index contributed by atoms with van der Waals surface area (Å²) >= 11 is 0. The molecule has 1 heterocycles. The van der Waals surface area contributed by atoms with Crippen LogP contribution < -0.4 is 10.1 Å². The third-order valence-corrected chi connectivity index (χ3v) is 2.86. The normalized spacial score (nSPS) is 12.1. The molecule has 0 radical (unpaired) electrons. The van der Waals surface area contributed by atoms with Gasteiger partial charge in [0.2, 0.25) is 0 Å². The van der Waals surface area contributed by atoms with Gasteiger partial charge in [-0.25, -0.2) is 9.97 Å². The largest absolute Gasteiger partial charge is 0.486 e. The highest BCUT2D eigenvalue weighted by Crippen LogP contribution is 2.19. The first-order valence-corrected chi connectivity index (χ1v) is 6.51. The summed E-state index contributed by atoms with van der Waals surface area (Å²) in [6, 6.07) is 10.2. The van der Waals surface area contributed by atoms with E-state index in [1.165, 1.54) is 5.56 Å². The maximum absolute atomic E-state index is 5.71. The molecule has 1 aromatic carbocycles. The van der Waals surface area contributed by atoms with Crippen molar-refractivity contribution in [2.75, 3.05) is 6.54 Å². The number of aromatic nitrogens is 2. The fourth-order valence-corrected chi connectivity index (χ4v) is 1.85. The molecule has 4 heteroatoms. The van der Waals surface area contributed by atoms with Crippen LogP contribution in [0.4, 0.5) is 0 Å². The number of nitrogens with one attached hydrogen (secondary N) is 1. The second-order valence-corrected chi connectivity index (χ2v) is 4.31. The Morgan fingerprint density at radius 2 is 2.00 bits per heavy atom. The van der Waals surface area contributed by atoms with Crippen LogP contribution in [0.5, 0.6) is 5.75 Å². The number of rotatable bonds is 6. The quantitative estimate of drug-likeness (QED) is 0.864. The molecule has 4 nitrogen and oxygen atoms in total. The van der Waals surface area contributed by atoms with Crippen LogP contribution in [0.1, 0.15) is 31.3 Å². The average molecular weight is 257 g/mol. The van der Waals surface area contributed by atoms with Crippen LogP contribution in [0.3, 0.4) is 0 Å². The van der Waals surface area contributed by atoms with Crippen molar-refractivity contribution < 1.29 is 4.74 Å². The molecule has 1 atom stereocenters. The van der Waals surface area contributed by atoms with Crippen molar-refractivity contribution in [1.29, 1.82) is 0 Å². The topological polar surface area (TPSA) is 47.0 Å². The molecule has 0 aliphatic rings. The summed E-state index contributed by atoms with van der Waals surface area (Å²) in [7, 11) is 0. The summed E-state index contributed by atoms with van der Waals surface area (Å²) in [6.45, 7) is 5.58. The molecular weight excluding hydrogens is 238 g/mol. The summed E-state index contributed by atoms with van der Waals surface area (Å²) in [5.41, 5.74) is 1.22. The standard InChI is InChI=1S/C15H19N3O/c1-3-16-12(2)13-6-4-7-14(10-13)19-11-15-17-8-5-9-18-15/h4-10,12,16H,3,11H2,1-2H3. The highest BCUT2D eigenvalue weighted by atomic mass is 16.5. The van der Waals surface area contributed by atoms with E-state index >= 15 is 0 Å². The van der Waals surface area contributed by atoms with Crippen LogP contribution in [-0.4, -0.2) is 16.5 Å². The van der Waals surface area contributed by atoms with Crippen LogP contribution in [0.2, 0.25) is 0 Å². The SMILES string of the molecule is CCNC(C)c1cccc(OCc2ncccn2)c1. The molecule has 0 spiro atoms. The van der Waals surface area contributed by atoms with Crippen molar-refractivity contribution in [2.45, 2.75) is 26.5 Å². The lowest BCUT2D eigenvalue weighted by molar-refractivity contribution is 0.295. The van der Waals surface area contributed by atoms with Crippen LogP contribution >= 0.6 is 0 Å². The Bertz CT molecular complexity index is 502. The summed E-state index contributed by atoms with van der Waals surface area (Å²) in [5, 5.41) is 3.38. The summed E-state index contributed by atoms with van der Waals surface area (Å²) in [4.78, 5) is 8.26. The van der Waals surface area contributed by atoms with E-state index in [0.29, 0.717) is 18.5 Å². The van der Waals surface area contributed by atoms with Crippen molar-refractivity contribution in [2.24, 2.45) is 0 Å². The van der Waals surface area contributed by atoms with Gasteiger partial charge >= 0.3 is 0 Å². The van der Waals surface area contributed by atoms with E-state index in [0.717, 1.165) is 12.3 Å². The minimum atomic E-state index is 0.321. The predicted molar refractivity (Wildman–Crippen MR) is 74.9 cm³/mol. The molecule has 0 saturated carbocycles. The van der Waals surface area contributed by atoms with Gasteiger partial charge in [-0.15, -0.1) is 0 Å². The van der Waals surface area contributed by atoms with Gasteiger partial charge in [-0.05, 0) is 37.2 Å². The van der Waals surface area contributed by atoms with Crippen molar-refractivity contribution in [3.63, 3.8) is 0 Å². The predicted octanol–water partition coefficient (Wildman–Crippen LogP) is 2.73. The van der Waals surface area contributed by atoms with Crippen LogP contribution in [0.15, 0.2) is 42.7 Å². The van der Waals surface area contributed by atoms with Gasteiger partial charge in [0.15, 0.2) is 5.82 Å². The number of benzene rings is 1. The highest BCUT2D eigenvalue weighted by molar-refractivity contribution is 5.30. The minimum Gasteiger partial charge on any atom is -0.486 e. The summed E-state index contributed by atoms with van der Waals surface area (Å²) < 4.78 is 5.71. The lowest BCUT2D eigenvalue weighted by Gasteiger charge is -2.14. The number of hydrogen-bond acceptors (Lipinski definition) is 4. The van der Waals surface area contributed by atoms with Crippen LogP contribution in [-0.2, 0) is 6.61 Å². The Kier molecular flexibility index (Phi) is 4.86. The number of nitrogens with zero attached hydrogens (tertiary/aromatic N) is 2. The van der Waals surface area contributed by atoms with Crippen molar-refractivity contribution >= 4 is 0 Å². The Morgan fingerprint density at radius 1 is 1.21 bits per heavy atom. The molecule has 19 heavy (non-hydrogen) atoms. The molecule has 1 unspecified atom stereocenters. The molecule has 1 aromatic heterocycles. The lowest BCUT2D eigenvalue weighted by Crippen LogP contribution is -2.17. The molecule has 0 aliphatic heterocycles. The van der Waals surface area contributed by atoms with Gasteiger partial charge in [0.25, 0.3) is 0 Å². The van der Waals surface area contributed by atoms with Crippen LogP contribution in [0.25, 0.3) is 0 Å². The highest BCUT2D eigenvalue weighted by Gasteiger charge is 2.05. The molecule has 0 saturated heterocycles. The second-order valence-electron chi connectivity index (χ2n) is 4.31. The maximum Gasteiger partial charge on any atom is 0.166 e. The average Bonchev–Trinajstić information content (AvgIpc) is 2.47. The molecular formula is C15H19N3O. The molecule has 0 aliphatic carbocycles. The van der Waals surface area contributed by atoms with E-state index in [1.54, 1.807) is 18.5 Å². The maximum atomic E-state index is 5.71. The van der Waals surface area contributed by atoms with Gasteiger partial charge in [0.05, 0.1) is 0 Å². The zero-order valence-electron chi connectivity index (χ0n) is 11.3. The first kappa shape index (κ1) is 13.5. The fourth-order valence-electron chi connectivity index (χ4n) is 1.85. The van der Waals surface area contributed by atoms with Crippen LogP contribution in [0, 0.1) is 0 Å². The van der Waals surface area contributed by atoms with E-state index in [4.69, 9.17) is 4.74 Å². The Morgan fingerprint density at radius 3 is 2.74 bits per heavy atom. The second kappa shape index (κ2) is 6.85. The Labute approximate surface area is 113 Å². The molecule has 2 aromatic rings. The van der Waals surface area contributed by atoms with Gasteiger partial charge in [-0.2, -0.15) is 0 Å². The van der Waals surface area contributed by atoms with Crippen molar-refractivity contribution in [3.8, 4) is 5.75 Å². The molecule has 0 amide bonds. The monoisotopic (exact) mass is 257 g/mol. The molecule has 0 fully saturated rings. The Balaban J connectivity index is 1.99. The third-order valence-electron chi connectivity index (χ3n) is 2.86. The zero-order valence-corrected chi connectivity index (χ0v) is 11.3. The van der Waals surface area contributed by atoms with Gasteiger partial charge < -0.3 is 10.1 Å². The van der Waals surface area contributed by atoms with E-state index in [1.807, 2.05) is 12.1 Å². The van der Waals surface area contributed by atoms with Gasteiger partial charge in [-0.1, -0.05) is 19.1 Å². The number of hydrogen-bond donors (Lipinski definition) is 1. The van der Waals surface area contributed by atoms with Gasteiger partial charge in [-0.3, -0.25) is 0 Å². The fraction of sp³-hybridized carbons (Fsp3) is 0.333. The van der Waals surface area contributed by atoms with E-state index in [2.05, 4.69) is 41.3 Å². The van der Waals surface area contributed by atoms with E-state index in [-0.39, 0.29) is 0 Å². The molecule has 2 rings (SSSR count). The van der Waals surface area contributed by atoms with Crippen molar-refractivity contribution in [3.05, 3.63) is 54.1 Å². The van der Waals surface area contributed by atoms with E-state index < -0.39 is 0 Å². The van der Waals surface area contributed by atoms with Crippen molar-refractivity contribution in [1.82, 2.24) is 15.3 Å². The molecule has 0 bridgehead atoms. The Hall–Kier alpha value is -1.94. The minimum absolute atomic E-state index is 0.321. The molecule has 100 valence electrons. The number of ether oxygens (including phenoxy) is 1. The van der Waals surface area contributed by atoms with Gasteiger partial charge in [0, 0.05) is 18.4 Å². The zero-order chi connectivity index (χ0) is 13.5.